The Labute approximate surface area is 176 Å². The zero-order chi connectivity index (χ0) is 20.9. The third-order valence-electron chi connectivity index (χ3n) is 5.95. The van der Waals surface area contributed by atoms with Gasteiger partial charge in [0.1, 0.15) is 17.7 Å². The minimum absolute atomic E-state index is 0.0824. The Morgan fingerprint density at radius 3 is 2.77 bits per heavy atom. The third-order valence-corrected chi connectivity index (χ3v) is 5.95. The van der Waals surface area contributed by atoms with Crippen LogP contribution in [0.5, 0.6) is 0 Å². The van der Waals surface area contributed by atoms with Gasteiger partial charge in [0.25, 0.3) is 5.91 Å². The highest BCUT2D eigenvalue weighted by Gasteiger charge is 2.27. The fourth-order valence-corrected chi connectivity index (χ4v) is 4.30. The quantitative estimate of drug-likeness (QED) is 0.663. The van der Waals surface area contributed by atoms with Gasteiger partial charge in [0.05, 0.1) is 17.1 Å². The second kappa shape index (κ2) is 9.15. The third kappa shape index (κ3) is 4.25. The first-order valence-electron chi connectivity index (χ1n) is 10.6. The minimum atomic E-state index is -0.0824. The fourth-order valence-electron chi connectivity index (χ4n) is 4.30. The summed E-state index contributed by atoms with van der Waals surface area (Å²) in [5.74, 6) is 1.43. The van der Waals surface area contributed by atoms with E-state index in [0.29, 0.717) is 41.8 Å². The fraction of sp³-hybridized carbons (Fsp3) is 0.435. The number of hydrogen-bond donors (Lipinski definition) is 1. The first kappa shape index (κ1) is 20.2. The second-order valence-corrected chi connectivity index (χ2v) is 7.88. The number of pyridine rings is 1. The second-order valence-electron chi connectivity index (χ2n) is 7.88. The van der Waals surface area contributed by atoms with Crippen molar-refractivity contribution in [3.63, 3.8) is 0 Å². The van der Waals surface area contributed by atoms with E-state index in [4.69, 9.17) is 4.52 Å². The lowest BCUT2D eigenvalue weighted by Crippen LogP contribution is -2.31. The molecular weight excluding hydrogens is 378 g/mol. The Balaban J connectivity index is 1.36. The average Bonchev–Trinajstić information content (AvgIpc) is 3.19. The topological polar surface area (TPSA) is 93.8 Å². The molecule has 7 nitrogen and oxygen atoms in total. The molecule has 1 fully saturated rings. The van der Waals surface area contributed by atoms with Gasteiger partial charge in [0.15, 0.2) is 0 Å². The Morgan fingerprint density at radius 2 is 2.03 bits per heavy atom. The number of aromatic nitrogens is 4. The average molecular weight is 406 g/mol. The van der Waals surface area contributed by atoms with E-state index in [9.17, 15) is 4.79 Å². The van der Waals surface area contributed by atoms with Crippen molar-refractivity contribution in [3.05, 3.63) is 59.6 Å². The van der Waals surface area contributed by atoms with E-state index >= 15 is 0 Å². The van der Waals surface area contributed by atoms with Crippen LogP contribution in [0.1, 0.15) is 66.0 Å². The van der Waals surface area contributed by atoms with Gasteiger partial charge in [0.2, 0.25) is 0 Å². The van der Waals surface area contributed by atoms with E-state index in [1.54, 1.807) is 12.5 Å². The molecule has 0 unspecified atom stereocenters. The summed E-state index contributed by atoms with van der Waals surface area (Å²) in [7, 11) is 0. The van der Waals surface area contributed by atoms with Crippen molar-refractivity contribution in [3.8, 4) is 11.3 Å². The van der Waals surface area contributed by atoms with Crippen molar-refractivity contribution < 1.29 is 9.32 Å². The highest BCUT2D eigenvalue weighted by Crippen LogP contribution is 2.38. The summed E-state index contributed by atoms with van der Waals surface area (Å²) in [4.78, 5) is 25.9. The van der Waals surface area contributed by atoms with E-state index < -0.39 is 0 Å². The van der Waals surface area contributed by atoms with E-state index in [0.717, 1.165) is 42.6 Å². The lowest BCUT2D eigenvalue weighted by Gasteiger charge is -2.29. The van der Waals surface area contributed by atoms with Crippen LogP contribution in [0.2, 0.25) is 0 Å². The van der Waals surface area contributed by atoms with Crippen molar-refractivity contribution in [1.29, 1.82) is 0 Å². The van der Waals surface area contributed by atoms with Crippen LogP contribution in [0, 0.1) is 12.8 Å². The molecule has 1 N–H and O–H groups in total. The highest BCUT2D eigenvalue weighted by atomic mass is 16.5. The molecule has 1 aliphatic carbocycles. The van der Waals surface area contributed by atoms with E-state index in [1.807, 2.05) is 38.2 Å². The normalized spacial score (nSPS) is 18.9. The summed E-state index contributed by atoms with van der Waals surface area (Å²) in [5, 5.41) is 7.01. The van der Waals surface area contributed by atoms with Gasteiger partial charge in [-0.1, -0.05) is 18.1 Å². The molecule has 0 aromatic carbocycles. The molecule has 4 rings (SSSR count). The molecule has 1 amide bonds. The van der Waals surface area contributed by atoms with E-state index in [1.165, 1.54) is 0 Å². The molecule has 0 saturated heterocycles. The molecule has 0 radical (unpaired) electrons. The van der Waals surface area contributed by atoms with Crippen LogP contribution < -0.4 is 5.32 Å². The smallest absolute Gasteiger partial charge is 0.256 e. The number of nitrogens with zero attached hydrogens (tertiary/aromatic N) is 4. The molecule has 0 atom stereocenters. The molecule has 7 heteroatoms. The predicted octanol–water partition coefficient (Wildman–Crippen LogP) is 4.10. The number of nitrogens with one attached hydrogen (secondary N) is 1. The van der Waals surface area contributed by atoms with Crippen molar-refractivity contribution in [2.45, 2.75) is 51.9 Å². The molecule has 3 aromatic rings. The largest absolute Gasteiger partial charge is 0.360 e. The van der Waals surface area contributed by atoms with Crippen LogP contribution in [0.25, 0.3) is 11.3 Å². The van der Waals surface area contributed by atoms with Gasteiger partial charge in [0, 0.05) is 36.8 Å². The minimum Gasteiger partial charge on any atom is -0.360 e. The molecule has 0 aliphatic heterocycles. The Kier molecular flexibility index (Phi) is 6.16. The van der Waals surface area contributed by atoms with Crippen LogP contribution in [-0.4, -0.2) is 32.6 Å². The van der Waals surface area contributed by atoms with Gasteiger partial charge in [-0.25, -0.2) is 9.97 Å². The zero-order valence-electron chi connectivity index (χ0n) is 17.5. The molecule has 3 heterocycles. The van der Waals surface area contributed by atoms with E-state index in [2.05, 4.69) is 25.4 Å². The standard InChI is InChI=1S/C23H27N5O2/c1-3-20-21(15(2)28-30-20)23(29)26-12-16-7-9-17(10-8-16)22-18(13-24-14-27-22)19-6-4-5-11-25-19/h4-6,11,13-14,16-17H,3,7-10,12H2,1-2H3,(H,26,29). The first-order chi connectivity index (χ1) is 14.7. The maximum absolute atomic E-state index is 12.6. The molecule has 0 bridgehead atoms. The van der Waals surface area contributed by atoms with Gasteiger partial charge in [-0.2, -0.15) is 0 Å². The summed E-state index contributed by atoms with van der Waals surface area (Å²) in [6.07, 6.45) is 10.1. The molecular formula is C23H27N5O2. The van der Waals surface area contributed by atoms with Crippen LogP contribution >= 0.6 is 0 Å². The lowest BCUT2D eigenvalue weighted by atomic mass is 9.79. The van der Waals surface area contributed by atoms with Crippen LogP contribution in [0.4, 0.5) is 0 Å². The zero-order valence-corrected chi connectivity index (χ0v) is 17.5. The summed E-state index contributed by atoms with van der Waals surface area (Å²) >= 11 is 0. The van der Waals surface area contributed by atoms with Gasteiger partial charge in [-0.3, -0.25) is 9.78 Å². The van der Waals surface area contributed by atoms with Crippen LogP contribution in [0.3, 0.4) is 0 Å². The number of amides is 1. The molecule has 156 valence electrons. The Morgan fingerprint density at radius 1 is 1.20 bits per heavy atom. The van der Waals surface area contributed by atoms with Crippen LogP contribution in [0.15, 0.2) is 41.4 Å². The van der Waals surface area contributed by atoms with Gasteiger partial charge in [-0.05, 0) is 50.7 Å². The molecule has 3 aromatic heterocycles. The SMILES string of the molecule is CCc1onc(C)c1C(=O)NCC1CCC(c2ncncc2-c2ccccn2)CC1. The number of aryl methyl sites for hydroxylation is 2. The first-order valence-corrected chi connectivity index (χ1v) is 10.6. The van der Waals surface area contributed by atoms with Crippen LogP contribution in [-0.2, 0) is 6.42 Å². The highest BCUT2D eigenvalue weighted by molar-refractivity contribution is 5.96. The molecule has 1 aliphatic rings. The summed E-state index contributed by atoms with van der Waals surface area (Å²) in [6.45, 7) is 4.45. The molecule has 0 spiro atoms. The molecule has 30 heavy (non-hydrogen) atoms. The maximum Gasteiger partial charge on any atom is 0.256 e. The Bertz CT molecular complexity index is 994. The summed E-state index contributed by atoms with van der Waals surface area (Å²) < 4.78 is 5.24. The maximum atomic E-state index is 12.6. The summed E-state index contributed by atoms with van der Waals surface area (Å²) in [5.41, 5.74) is 4.26. The predicted molar refractivity (Wildman–Crippen MR) is 113 cm³/mol. The van der Waals surface area contributed by atoms with Gasteiger partial charge < -0.3 is 9.84 Å². The van der Waals surface area contributed by atoms with Crippen molar-refractivity contribution in [2.24, 2.45) is 5.92 Å². The number of carbonyl (C=O) groups excluding carboxylic acids is 1. The van der Waals surface area contributed by atoms with Crippen molar-refractivity contribution in [1.82, 2.24) is 25.4 Å². The van der Waals surface area contributed by atoms with Gasteiger partial charge >= 0.3 is 0 Å². The van der Waals surface area contributed by atoms with Gasteiger partial charge in [-0.15, -0.1) is 0 Å². The van der Waals surface area contributed by atoms with Crippen molar-refractivity contribution >= 4 is 5.91 Å². The lowest BCUT2D eigenvalue weighted by molar-refractivity contribution is 0.0940. The monoisotopic (exact) mass is 405 g/mol. The van der Waals surface area contributed by atoms with E-state index in [-0.39, 0.29) is 5.91 Å². The Hall–Kier alpha value is -3.09. The molecule has 1 saturated carbocycles. The summed E-state index contributed by atoms with van der Waals surface area (Å²) in [6, 6.07) is 5.90. The number of rotatable bonds is 6. The van der Waals surface area contributed by atoms with Crippen molar-refractivity contribution in [2.75, 3.05) is 6.54 Å². The number of hydrogen-bond acceptors (Lipinski definition) is 6. The number of carbonyl (C=O) groups is 1.